The predicted molar refractivity (Wildman–Crippen MR) is 134 cm³/mol. The Morgan fingerprint density at radius 3 is 2.91 bits per heavy atom. The molecule has 9 nitrogen and oxygen atoms in total. The van der Waals surface area contributed by atoms with E-state index in [2.05, 4.69) is 42.9 Å². The number of halogens is 1. The fourth-order valence-electron chi connectivity index (χ4n) is 5.41. The second-order valence-corrected chi connectivity index (χ2v) is 9.44. The number of fused-ring (bicyclic) bond motifs is 4. The molecular formula is C25H20ClN7O2. The molecule has 4 heterocycles. The molecule has 1 saturated carbocycles. The van der Waals surface area contributed by atoms with Gasteiger partial charge in [-0.25, -0.2) is 4.98 Å². The summed E-state index contributed by atoms with van der Waals surface area (Å²) in [4.78, 5) is 21.7. The second kappa shape index (κ2) is 6.96. The number of methoxy groups -OCH3 is 1. The van der Waals surface area contributed by atoms with Crippen LogP contribution < -0.4 is 15.4 Å². The quantitative estimate of drug-likeness (QED) is 0.320. The molecule has 0 bridgehead atoms. The van der Waals surface area contributed by atoms with Gasteiger partial charge in [0.1, 0.15) is 11.3 Å². The van der Waals surface area contributed by atoms with Gasteiger partial charge in [-0.15, -0.1) is 0 Å². The summed E-state index contributed by atoms with van der Waals surface area (Å²) in [5, 5.41) is 15.0. The Kier molecular flexibility index (Phi) is 4.03. The lowest BCUT2D eigenvalue weighted by molar-refractivity contribution is -0.118. The van der Waals surface area contributed by atoms with E-state index >= 15 is 0 Å². The zero-order valence-corrected chi connectivity index (χ0v) is 19.6. The third kappa shape index (κ3) is 2.81. The summed E-state index contributed by atoms with van der Waals surface area (Å²) in [6.45, 7) is 0. The summed E-state index contributed by atoms with van der Waals surface area (Å²) < 4.78 is 7.34. The minimum absolute atomic E-state index is 0.0463. The van der Waals surface area contributed by atoms with Crippen LogP contribution in [0.15, 0.2) is 48.7 Å². The number of rotatable bonds is 4. The van der Waals surface area contributed by atoms with E-state index in [9.17, 15) is 4.79 Å². The Bertz CT molecular complexity index is 1690. The van der Waals surface area contributed by atoms with Crippen molar-refractivity contribution in [3.8, 4) is 5.75 Å². The molecule has 1 aliphatic heterocycles. The molecule has 10 heteroatoms. The molecular weight excluding hydrogens is 466 g/mol. The van der Waals surface area contributed by atoms with Gasteiger partial charge in [-0.05, 0) is 65.5 Å². The molecule has 2 aromatic carbocycles. The van der Waals surface area contributed by atoms with Crippen molar-refractivity contribution in [2.45, 2.75) is 17.8 Å². The maximum absolute atomic E-state index is 13.0. The number of benzene rings is 2. The van der Waals surface area contributed by atoms with Crippen molar-refractivity contribution in [1.82, 2.24) is 24.7 Å². The largest absolute Gasteiger partial charge is 0.497 e. The fourth-order valence-corrected chi connectivity index (χ4v) is 5.59. The summed E-state index contributed by atoms with van der Waals surface area (Å²) >= 11 is 6.14. The first-order chi connectivity index (χ1) is 17.0. The number of anilines is 3. The van der Waals surface area contributed by atoms with Crippen molar-refractivity contribution < 1.29 is 9.53 Å². The molecule has 0 radical (unpaired) electrons. The van der Waals surface area contributed by atoms with Crippen molar-refractivity contribution in [3.05, 3.63) is 65.1 Å². The first-order valence-electron chi connectivity index (χ1n) is 11.2. The Morgan fingerprint density at radius 2 is 2.06 bits per heavy atom. The number of hydrogen-bond acceptors (Lipinski definition) is 6. The number of aromatic nitrogens is 5. The summed E-state index contributed by atoms with van der Waals surface area (Å²) in [5.74, 6) is 2.11. The molecule has 2 aliphatic rings. The van der Waals surface area contributed by atoms with Crippen molar-refractivity contribution in [3.63, 3.8) is 0 Å². The van der Waals surface area contributed by atoms with E-state index in [0.29, 0.717) is 11.6 Å². The van der Waals surface area contributed by atoms with E-state index in [4.69, 9.17) is 16.3 Å². The number of carbonyl (C=O) groups is 1. The van der Waals surface area contributed by atoms with Gasteiger partial charge in [0.2, 0.25) is 11.2 Å². The summed E-state index contributed by atoms with van der Waals surface area (Å²) in [6, 6.07) is 13.8. The SMILES string of the molecule is COc1ccc2c(c1)[C@]1(C[C@H]1c1ccc3c(Nc4nc(Cl)nc5ccn(C)c45)n[nH]c3c1)C(=O)N2. The van der Waals surface area contributed by atoms with Crippen LogP contribution in [0, 0.1) is 0 Å². The predicted octanol–water partition coefficient (Wildman–Crippen LogP) is 4.63. The van der Waals surface area contributed by atoms with Crippen molar-refractivity contribution >= 4 is 56.8 Å². The Labute approximate surface area is 204 Å². The maximum atomic E-state index is 13.0. The molecule has 174 valence electrons. The van der Waals surface area contributed by atoms with Gasteiger partial charge in [0, 0.05) is 30.2 Å². The number of nitrogens with zero attached hydrogens (tertiary/aromatic N) is 4. The number of amides is 1. The van der Waals surface area contributed by atoms with Gasteiger partial charge in [-0.2, -0.15) is 10.1 Å². The minimum atomic E-state index is -0.547. The van der Waals surface area contributed by atoms with E-state index in [-0.39, 0.29) is 17.1 Å². The molecule has 1 amide bonds. The molecule has 0 unspecified atom stereocenters. The van der Waals surface area contributed by atoms with E-state index in [1.54, 1.807) is 7.11 Å². The van der Waals surface area contributed by atoms with Crippen LogP contribution in [0.5, 0.6) is 5.75 Å². The van der Waals surface area contributed by atoms with E-state index < -0.39 is 5.41 Å². The summed E-state index contributed by atoms with van der Waals surface area (Å²) in [7, 11) is 3.57. The highest BCUT2D eigenvalue weighted by atomic mass is 35.5. The maximum Gasteiger partial charge on any atom is 0.235 e. The van der Waals surface area contributed by atoms with Gasteiger partial charge in [0.05, 0.1) is 23.6 Å². The van der Waals surface area contributed by atoms with Crippen molar-refractivity contribution in [1.29, 1.82) is 0 Å². The smallest absolute Gasteiger partial charge is 0.235 e. The van der Waals surface area contributed by atoms with Gasteiger partial charge in [-0.3, -0.25) is 9.89 Å². The minimum Gasteiger partial charge on any atom is -0.497 e. The number of aromatic amines is 1. The average Bonchev–Trinajstić information content (AvgIpc) is 3.19. The second-order valence-electron chi connectivity index (χ2n) is 9.10. The lowest BCUT2D eigenvalue weighted by Gasteiger charge is -2.10. The number of nitrogens with one attached hydrogen (secondary N) is 3. The highest BCUT2D eigenvalue weighted by molar-refractivity contribution is 6.28. The first kappa shape index (κ1) is 20.3. The van der Waals surface area contributed by atoms with Crippen molar-refractivity contribution in [2.24, 2.45) is 7.05 Å². The molecule has 1 aliphatic carbocycles. The summed E-state index contributed by atoms with van der Waals surface area (Å²) in [6.07, 6.45) is 2.67. The van der Waals surface area contributed by atoms with Crippen LogP contribution in [0.3, 0.4) is 0 Å². The van der Waals surface area contributed by atoms with Crippen LogP contribution in [0.4, 0.5) is 17.3 Å². The van der Waals surface area contributed by atoms with Crippen LogP contribution in [0.25, 0.3) is 21.9 Å². The van der Waals surface area contributed by atoms with Crippen molar-refractivity contribution in [2.75, 3.05) is 17.7 Å². The summed E-state index contributed by atoms with van der Waals surface area (Å²) in [5.41, 5.74) is 4.88. The molecule has 0 saturated heterocycles. The number of ether oxygens (including phenoxy) is 1. The lowest BCUT2D eigenvalue weighted by Crippen LogP contribution is -2.21. The highest BCUT2D eigenvalue weighted by Crippen LogP contribution is 2.65. The Hall–Kier alpha value is -4.11. The Morgan fingerprint density at radius 1 is 1.17 bits per heavy atom. The fraction of sp³-hybridized carbons (Fsp3) is 0.200. The van der Waals surface area contributed by atoms with E-state index in [0.717, 1.165) is 50.9 Å². The Balaban J connectivity index is 1.24. The third-order valence-electron chi connectivity index (χ3n) is 7.24. The normalized spacial score (nSPS) is 20.4. The molecule has 35 heavy (non-hydrogen) atoms. The average molecular weight is 486 g/mol. The number of carbonyl (C=O) groups excluding carboxylic acids is 1. The van der Waals surface area contributed by atoms with Crippen LogP contribution in [0.1, 0.15) is 23.5 Å². The molecule has 5 aromatic rings. The molecule has 1 spiro atoms. The zero-order chi connectivity index (χ0) is 23.9. The number of aryl methyl sites for hydroxylation is 1. The van der Waals surface area contributed by atoms with Gasteiger partial charge < -0.3 is 19.9 Å². The van der Waals surface area contributed by atoms with Crippen LogP contribution >= 0.6 is 11.6 Å². The molecule has 1 fully saturated rings. The van der Waals surface area contributed by atoms with Crippen LogP contribution in [-0.2, 0) is 17.3 Å². The highest BCUT2D eigenvalue weighted by Gasteiger charge is 2.65. The number of H-pyrrole nitrogens is 1. The van der Waals surface area contributed by atoms with Gasteiger partial charge in [0.25, 0.3) is 0 Å². The van der Waals surface area contributed by atoms with Gasteiger partial charge >= 0.3 is 0 Å². The van der Waals surface area contributed by atoms with E-state index in [1.165, 1.54) is 0 Å². The third-order valence-corrected chi connectivity index (χ3v) is 7.41. The topological polar surface area (TPSA) is 110 Å². The van der Waals surface area contributed by atoms with Gasteiger partial charge in [0.15, 0.2) is 11.6 Å². The van der Waals surface area contributed by atoms with E-state index in [1.807, 2.05) is 48.1 Å². The molecule has 7 rings (SSSR count). The monoisotopic (exact) mass is 485 g/mol. The first-order valence-corrected chi connectivity index (χ1v) is 11.6. The standard InChI is InChI=1S/C25H20ClN7O2/c1-33-8-7-18-20(33)22(30-24(26)28-18)29-21-14-5-3-12(9-19(14)31-32-21)16-11-25(16)15-10-13(35-2)4-6-17(15)27-23(25)34/h3-10,16H,11H2,1-2H3,(H,27,34)(H2,28,29,30,31,32)/t16-,25-/m0/s1. The van der Waals surface area contributed by atoms with Crippen LogP contribution in [-0.4, -0.2) is 37.7 Å². The van der Waals surface area contributed by atoms with Crippen LogP contribution in [0.2, 0.25) is 5.28 Å². The lowest BCUT2D eigenvalue weighted by atomic mass is 9.91. The molecule has 2 atom stereocenters. The number of hydrogen-bond donors (Lipinski definition) is 3. The zero-order valence-electron chi connectivity index (χ0n) is 18.9. The van der Waals surface area contributed by atoms with Gasteiger partial charge in [-0.1, -0.05) is 6.07 Å². The molecule has 3 N–H and O–H groups in total. The molecule has 3 aromatic heterocycles.